The maximum Gasteiger partial charge on any atom is 0.347 e. The fourth-order valence-corrected chi connectivity index (χ4v) is 2.68. The summed E-state index contributed by atoms with van der Waals surface area (Å²) in [5, 5.41) is 19.2. The molecule has 0 aliphatic rings. The zero-order chi connectivity index (χ0) is 12.6. The van der Waals surface area contributed by atoms with Crippen LogP contribution >= 0.6 is 27.3 Å². The van der Waals surface area contributed by atoms with Gasteiger partial charge < -0.3 is 10.2 Å². The lowest BCUT2D eigenvalue weighted by molar-refractivity contribution is 0.0701. The van der Waals surface area contributed by atoms with Gasteiger partial charge in [-0.05, 0) is 25.1 Å². The number of hydrogen-bond donors (Lipinski definition) is 2. The summed E-state index contributed by atoms with van der Waals surface area (Å²) in [5.41, 5.74) is 0.994. The molecule has 0 unspecified atom stereocenters. The van der Waals surface area contributed by atoms with Crippen LogP contribution in [0.5, 0.6) is 5.75 Å². The Kier molecular flexibility index (Phi) is 3.17. The predicted molar refractivity (Wildman–Crippen MR) is 68.6 cm³/mol. The van der Waals surface area contributed by atoms with Crippen molar-refractivity contribution in [2.45, 2.75) is 6.92 Å². The molecule has 2 rings (SSSR count). The lowest BCUT2D eigenvalue weighted by Crippen LogP contribution is -1.94. The molecule has 4 nitrogen and oxygen atoms in total. The van der Waals surface area contributed by atoms with Crippen molar-refractivity contribution in [1.29, 1.82) is 0 Å². The second kappa shape index (κ2) is 4.46. The number of benzene rings is 1. The third-order valence-electron chi connectivity index (χ3n) is 2.18. The molecule has 88 valence electrons. The molecule has 0 fully saturated rings. The van der Waals surface area contributed by atoms with Crippen LogP contribution in [0.4, 0.5) is 0 Å². The number of aromatic nitrogens is 1. The summed E-state index contributed by atoms with van der Waals surface area (Å²) in [6.07, 6.45) is 0. The van der Waals surface area contributed by atoms with E-state index in [0.717, 1.165) is 15.8 Å². The number of aromatic hydroxyl groups is 1. The van der Waals surface area contributed by atoms with Crippen LogP contribution in [-0.2, 0) is 0 Å². The highest BCUT2D eigenvalue weighted by atomic mass is 79.9. The highest BCUT2D eigenvalue weighted by Crippen LogP contribution is 2.35. The lowest BCUT2D eigenvalue weighted by Gasteiger charge is -2.00. The van der Waals surface area contributed by atoms with Crippen LogP contribution in [0.2, 0.25) is 0 Å². The molecule has 0 aliphatic carbocycles. The Morgan fingerprint density at radius 3 is 2.71 bits per heavy atom. The number of phenolic OH excluding ortho intramolecular Hbond substituents is 1. The second-order valence-electron chi connectivity index (χ2n) is 3.40. The predicted octanol–water partition coefficient (Wildman–Crippen LogP) is 3.28. The van der Waals surface area contributed by atoms with Crippen LogP contribution in [0.15, 0.2) is 22.7 Å². The SMILES string of the molecule is Cc1nc(-c2ccc(Br)cc2O)sc1C(=O)O. The summed E-state index contributed by atoms with van der Waals surface area (Å²) < 4.78 is 0.755. The van der Waals surface area contributed by atoms with Crippen molar-refractivity contribution in [3.05, 3.63) is 33.2 Å². The summed E-state index contributed by atoms with van der Waals surface area (Å²) >= 11 is 4.30. The van der Waals surface area contributed by atoms with Gasteiger partial charge in [0, 0.05) is 4.47 Å². The quantitative estimate of drug-likeness (QED) is 0.892. The zero-order valence-corrected chi connectivity index (χ0v) is 11.2. The minimum Gasteiger partial charge on any atom is -0.507 e. The number of halogens is 1. The van der Waals surface area contributed by atoms with Crippen molar-refractivity contribution < 1.29 is 15.0 Å². The van der Waals surface area contributed by atoms with Crippen LogP contribution < -0.4 is 0 Å². The van der Waals surface area contributed by atoms with Crippen LogP contribution in [0.25, 0.3) is 10.6 Å². The molecule has 0 amide bonds. The molecular formula is C11H8BrNO3S. The van der Waals surface area contributed by atoms with Crippen molar-refractivity contribution >= 4 is 33.2 Å². The molecule has 0 spiro atoms. The van der Waals surface area contributed by atoms with E-state index in [2.05, 4.69) is 20.9 Å². The number of nitrogens with zero attached hydrogens (tertiary/aromatic N) is 1. The smallest absolute Gasteiger partial charge is 0.347 e. The first-order valence-electron chi connectivity index (χ1n) is 4.68. The minimum absolute atomic E-state index is 0.0741. The first-order chi connectivity index (χ1) is 7.99. The third kappa shape index (κ3) is 2.32. The van der Waals surface area contributed by atoms with Crippen LogP contribution in [-0.4, -0.2) is 21.2 Å². The summed E-state index contributed by atoms with van der Waals surface area (Å²) in [5.74, 6) is -0.923. The highest BCUT2D eigenvalue weighted by molar-refractivity contribution is 9.10. The van der Waals surface area contributed by atoms with E-state index in [4.69, 9.17) is 5.11 Å². The number of thiazole rings is 1. The van der Waals surface area contributed by atoms with Gasteiger partial charge in [0.1, 0.15) is 15.6 Å². The summed E-state index contributed by atoms with van der Waals surface area (Å²) in [4.78, 5) is 15.3. The lowest BCUT2D eigenvalue weighted by atomic mass is 10.2. The van der Waals surface area contributed by atoms with Gasteiger partial charge in [0.05, 0.1) is 11.3 Å². The van der Waals surface area contributed by atoms with E-state index in [1.807, 2.05) is 0 Å². The average Bonchev–Trinajstić information content (AvgIpc) is 2.60. The van der Waals surface area contributed by atoms with Gasteiger partial charge >= 0.3 is 5.97 Å². The van der Waals surface area contributed by atoms with E-state index in [1.54, 1.807) is 25.1 Å². The summed E-state index contributed by atoms with van der Waals surface area (Å²) in [6, 6.07) is 5.02. The average molecular weight is 314 g/mol. The maximum absolute atomic E-state index is 10.9. The molecule has 17 heavy (non-hydrogen) atoms. The second-order valence-corrected chi connectivity index (χ2v) is 5.31. The van der Waals surface area contributed by atoms with Gasteiger partial charge in [-0.15, -0.1) is 11.3 Å². The molecule has 2 aromatic rings. The molecule has 0 saturated heterocycles. The molecule has 0 aliphatic heterocycles. The van der Waals surface area contributed by atoms with Gasteiger partial charge in [0.15, 0.2) is 0 Å². The standard InChI is InChI=1S/C11H8BrNO3S/c1-5-9(11(15)16)17-10(13-5)7-3-2-6(12)4-8(7)14/h2-4,14H,1H3,(H,15,16). The van der Waals surface area contributed by atoms with Gasteiger partial charge in [-0.25, -0.2) is 9.78 Å². The number of hydrogen-bond acceptors (Lipinski definition) is 4. The first-order valence-corrected chi connectivity index (χ1v) is 6.29. The molecule has 0 atom stereocenters. The largest absolute Gasteiger partial charge is 0.507 e. The van der Waals surface area contributed by atoms with Gasteiger partial charge in [-0.3, -0.25) is 0 Å². The number of aromatic carboxylic acids is 1. The van der Waals surface area contributed by atoms with E-state index >= 15 is 0 Å². The number of carboxylic acid groups (broad SMARTS) is 1. The van der Waals surface area contributed by atoms with Gasteiger partial charge in [-0.1, -0.05) is 15.9 Å². The Bertz CT molecular complexity index is 594. The van der Waals surface area contributed by atoms with Crippen LogP contribution in [0, 0.1) is 6.92 Å². The van der Waals surface area contributed by atoms with E-state index in [0.29, 0.717) is 16.3 Å². The summed E-state index contributed by atoms with van der Waals surface area (Å²) in [7, 11) is 0. The molecule has 0 radical (unpaired) electrons. The summed E-state index contributed by atoms with van der Waals surface area (Å²) in [6.45, 7) is 1.64. The molecule has 6 heteroatoms. The molecule has 2 N–H and O–H groups in total. The Morgan fingerprint density at radius 2 is 2.18 bits per heavy atom. The topological polar surface area (TPSA) is 70.4 Å². The number of carbonyl (C=O) groups is 1. The molecular weight excluding hydrogens is 306 g/mol. The molecule has 1 aromatic carbocycles. The van der Waals surface area contributed by atoms with Crippen LogP contribution in [0.1, 0.15) is 15.4 Å². The monoisotopic (exact) mass is 313 g/mol. The van der Waals surface area contributed by atoms with Gasteiger partial charge in [0.25, 0.3) is 0 Å². The van der Waals surface area contributed by atoms with Gasteiger partial charge in [-0.2, -0.15) is 0 Å². The van der Waals surface area contributed by atoms with E-state index in [9.17, 15) is 9.90 Å². The molecule has 0 saturated carbocycles. The normalized spacial score (nSPS) is 10.5. The third-order valence-corrected chi connectivity index (χ3v) is 3.85. The fraction of sp³-hybridized carbons (Fsp3) is 0.0909. The van der Waals surface area contributed by atoms with E-state index in [-0.39, 0.29) is 10.6 Å². The molecule has 1 aromatic heterocycles. The van der Waals surface area contributed by atoms with Gasteiger partial charge in [0.2, 0.25) is 0 Å². The molecule has 1 heterocycles. The number of aryl methyl sites for hydroxylation is 1. The van der Waals surface area contributed by atoms with Crippen molar-refractivity contribution in [3.8, 4) is 16.3 Å². The van der Waals surface area contributed by atoms with Crippen molar-refractivity contribution in [3.63, 3.8) is 0 Å². The van der Waals surface area contributed by atoms with Crippen molar-refractivity contribution in [2.75, 3.05) is 0 Å². The maximum atomic E-state index is 10.9. The fourth-order valence-electron chi connectivity index (χ4n) is 1.40. The highest BCUT2D eigenvalue weighted by Gasteiger charge is 2.16. The molecule has 0 bridgehead atoms. The van der Waals surface area contributed by atoms with Crippen LogP contribution in [0.3, 0.4) is 0 Å². The zero-order valence-electron chi connectivity index (χ0n) is 8.77. The Balaban J connectivity index is 2.53. The van der Waals surface area contributed by atoms with E-state index < -0.39 is 5.97 Å². The Morgan fingerprint density at radius 1 is 1.47 bits per heavy atom. The number of carboxylic acids is 1. The van der Waals surface area contributed by atoms with Crippen molar-refractivity contribution in [1.82, 2.24) is 4.98 Å². The first kappa shape index (κ1) is 12.1. The van der Waals surface area contributed by atoms with E-state index in [1.165, 1.54) is 0 Å². The Hall–Kier alpha value is -1.40. The van der Waals surface area contributed by atoms with Crippen molar-refractivity contribution in [2.24, 2.45) is 0 Å². The number of rotatable bonds is 2. The minimum atomic E-state index is -0.997. The number of phenols is 1. The Labute approximate surface area is 110 Å².